The maximum Gasteiger partial charge on any atom is 0.238 e. The molecule has 1 spiro atoms. The highest BCUT2D eigenvalue weighted by molar-refractivity contribution is 7.92. The number of carbonyl (C=O) groups is 1. The van der Waals surface area contributed by atoms with Crippen molar-refractivity contribution in [1.29, 1.82) is 0 Å². The van der Waals surface area contributed by atoms with Crippen molar-refractivity contribution in [1.82, 2.24) is 10.2 Å². The van der Waals surface area contributed by atoms with Gasteiger partial charge in [0.2, 0.25) is 5.91 Å². The Morgan fingerprint density at radius 3 is 2.81 bits per heavy atom. The van der Waals surface area contributed by atoms with Crippen LogP contribution in [0.2, 0.25) is 0 Å². The molecule has 3 heterocycles. The van der Waals surface area contributed by atoms with Crippen LogP contribution < -0.4 is 5.32 Å². The number of rotatable bonds is 6. The molecule has 1 N–H and O–H groups in total. The van der Waals surface area contributed by atoms with Crippen LogP contribution in [0.5, 0.6) is 0 Å². The third-order valence-electron chi connectivity index (χ3n) is 7.54. The molecule has 2 fully saturated rings. The van der Waals surface area contributed by atoms with E-state index in [0.717, 1.165) is 64.5 Å². The number of nitrogens with one attached hydrogen (secondary N) is 1. The summed E-state index contributed by atoms with van der Waals surface area (Å²) >= 11 is 1.97. The van der Waals surface area contributed by atoms with Gasteiger partial charge >= 0.3 is 0 Å². The van der Waals surface area contributed by atoms with Crippen LogP contribution >= 0.6 is 11.3 Å². The van der Waals surface area contributed by atoms with Crippen molar-refractivity contribution < 1.29 is 17.9 Å². The van der Waals surface area contributed by atoms with Gasteiger partial charge in [0, 0.05) is 47.6 Å². The van der Waals surface area contributed by atoms with E-state index in [-0.39, 0.29) is 17.6 Å². The standard InChI is InChI=1S/C23H36N2O4S2/c1-5-19-12-20-21(30-19)6-9-29-23(20)7-8-25(15(2)13-23)14-17-10-18(11-17)24-22(26)16(3)31(4,27)28/h12,15-18H,5-11,13-14H2,1-4H3,(H,24,26)/t15-,16?,17?,18?,23+/m0/s1. The Bertz CT molecular complexity index is 922. The first-order valence-corrected chi connectivity index (χ1v) is 14.4. The molecule has 1 unspecified atom stereocenters. The van der Waals surface area contributed by atoms with Gasteiger partial charge in [-0.15, -0.1) is 11.3 Å². The lowest BCUT2D eigenvalue weighted by atomic mass is 9.76. The largest absolute Gasteiger partial charge is 0.370 e. The van der Waals surface area contributed by atoms with E-state index in [9.17, 15) is 13.2 Å². The van der Waals surface area contributed by atoms with Crippen LogP contribution in [0, 0.1) is 5.92 Å². The van der Waals surface area contributed by atoms with E-state index in [0.29, 0.717) is 12.0 Å². The summed E-state index contributed by atoms with van der Waals surface area (Å²) in [7, 11) is -3.34. The Kier molecular flexibility index (Phi) is 6.56. The summed E-state index contributed by atoms with van der Waals surface area (Å²) in [5, 5.41) is 1.93. The van der Waals surface area contributed by atoms with Crippen LogP contribution in [0.1, 0.15) is 61.8 Å². The highest BCUT2D eigenvalue weighted by Crippen LogP contribution is 2.46. The lowest BCUT2D eigenvalue weighted by molar-refractivity contribution is -0.123. The summed E-state index contributed by atoms with van der Waals surface area (Å²) in [6, 6.07) is 2.97. The monoisotopic (exact) mass is 468 g/mol. The summed E-state index contributed by atoms with van der Waals surface area (Å²) in [6.45, 7) is 8.92. The Morgan fingerprint density at radius 1 is 1.42 bits per heavy atom. The summed E-state index contributed by atoms with van der Waals surface area (Å²) in [6.07, 6.45) is 7.21. The van der Waals surface area contributed by atoms with Gasteiger partial charge in [0.25, 0.3) is 0 Å². The number of thiophene rings is 1. The molecule has 31 heavy (non-hydrogen) atoms. The third-order valence-corrected chi connectivity index (χ3v) is 10.4. The average molecular weight is 469 g/mol. The van der Waals surface area contributed by atoms with Gasteiger partial charge < -0.3 is 15.0 Å². The summed E-state index contributed by atoms with van der Waals surface area (Å²) in [5.74, 6) is 0.192. The predicted octanol–water partition coefficient (Wildman–Crippen LogP) is 2.89. The molecule has 3 aliphatic rings. The van der Waals surface area contributed by atoms with Gasteiger partial charge in [-0.2, -0.15) is 0 Å². The Balaban J connectivity index is 1.29. The van der Waals surface area contributed by atoms with E-state index in [2.05, 4.69) is 30.1 Å². The van der Waals surface area contributed by atoms with Gasteiger partial charge in [-0.25, -0.2) is 8.42 Å². The number of likely N-dealkylation sites (tertiary alicyclic amines) is 1. The number of fused-ring (bicyclic) bond motifs is 2. The zero-order valence-corrected chi connectivity index (χ0v) is 20.8. The minimum absolute atomic E-state index is 0.106. The van der Waals surface area contributed by atoms with Crippen LogP contribution in [-0.4, -0.2) is 62.5 Å². The second kappa shape index (κ2) is 8.76. The molecule has 1 aromatic heterocycles. The van der Waals surface area contributed by atoms with E-state index in [1.165, 1.54) is 22.2 Å². The molecular weight excluding hydrogens is 432 g/mol. The van der Waals surface area contributed by atoms with Gasteiger partial charge in [0.05, 0.1) is 12.2 Å². The normalized spacial score (nSPS) is 32.3. The molecule has 3 atom stereocenters. The minimum Gasteiger partial charge on any atom is -0.370 e. The molecule has 4 rings (SSSR count). The summed E-state index contributed by atoms with van der Waals surface area (Å²) in [4.78, 5) is 17.7. The van der Waals surface area contributed by atoms with Crippen LogP contribution in [0.25, 0.3) is 0 Å². The van der Waals surface area contributed by atoms with Crippen molar-refractivity contribution in [2.24, 2.45) is 5.92 Å². The van der Waals surface area contributed by atoms with E-state index < -0.39 is 15.1 Å². The molecule has 1 amide bonds. The quantitative estimate of drug-likeness (QED) is 0.695. The Morgan fingerprint density at radius 2 is 2.16 bits per heavy atom. The third kappa shape index (κ3) is 4.72. The van der Waals surface area contributed by atoms with Gasteiger partial charge in [0.15, 0.2) is 9.84 Å². The summed E-state index contributed by atoms with van der Waals surface area (Å²) < 4.78 is 29.6. The van der Waals surface area contributed by atoms with Crippen molar-refractivity contribution in [3.8, 4) is 0 Å². The Labute approximate surface area is 190 Å². The number of hydrogen-bond donors (Lipinski definition) is 1. The first-order valence-electron chi connectivity index (χ1n) is 11.6. The number of carbonyl (C=O) groups excluding carboxylic acids is 1. The highest BCUT2D eigenvalue weighted by Gasteiger charge is 2.45. The van der Waals surface area contributed by atoms with E-state index >= 15 is 0 Å². The van der Waals surface area contributed by atoms with Crippen LogP contribution in [-0.2, 0) is 37.8 Å². The smallest absolute Gasteiger partial charge is 0.238 e. The average Bonchev–Trinajstić information content (AvgIpc) is 3.12. The topological polar surface area (TPSA) is 75.7 Å². The zero-order valence-electron chi connectivity index (χ0n) is 19.1. The fourth-order valence-electron chi connectivity index (χ4n) is 5.39. The number of amides is 1. The fourth-order valence-corrected chi connectivity index (χ4v) is 7.03. The molecule has 1 aromatic rings. The van der Waals surface area contributed by atoms with Crippen molar-refractivity contribution in [2.45, 2.75) is 82.2 Å². The van der Waals surface area contributed by atoms with E-state index in [4.69, 9.17) is 4.74 Å². The number of hydrogen-bond acceptors (Lipinski definition) is 6. The van der Waals surface area contributed by atoms with E-state index in [1.54, 1.807) is 0 Å². The summed E-state index contributed by atoms with van der Waals surface area (Å²) in [5.41, 5.74) is 1.35. The molecule has 1 saturated heterocycles. The molecule has 1 saturated carbocycles. The molecule has 8 heteroatoms. The number of piperidine rings is 1. The van der Waals surface area contributed by atoms with Gasteiger partial charge in [-0.3, -0.25) is 4.79 Å². The molecule has 0 aromatic carbocycles. The van der Waals surface area contributed by atoms with E-state index in [1.807, 2.05) is 11.3 Å². The lowest BCUT2D eigenvalue weighted by Gasteiger charge is -2.49. The molecular formula is C23H36N2O4S2. The number of sulfone groups is 1. The number of aryl methyl sites for hydroxylation is 1. The second-order valence-electron chi connectivity index (χ2n) is 9.81. The van der Waals surface area contributed by atoms with Gasteiger partial charge in [-0.05, 0) is 63.5 Å². The van der Waals surface area contributed by atoms with Crippen LogP contribution in [0.15, 0.2) is 6.07 Å². The molecule has 0 bridgehead atoms. The number of nitrogens with zero attached hydrogens (tertiary/aromatic N) is 1. The SMILES string of the molecule is CCc1cc2c(s1)CCO[C@@]21CCN(CC2CC(NC(=O)C(C)S(C)(=O)=O)C2)[C@@H](C)C1. The molecule has 0 radical (unpaired) electrons. The molecule has 6 nitrogen and oxygen atoms in total. The highest BCUT2D eigenvalue weighted by atomic mass is 32.2. The van der Waals surface area contributed by atoms with Crippen LogP contribution in [0.3, 0.4) is 0 Å². The minimum atomic E-state index is -3.34. The fraction of sp³-hybridized carbons (Fsp3) is 0.783. The van der Waals surface area contributed by atoms with Crippen molar-refractivity contribution in [3.05, 3.63) is 21.4 Å². The predicted molar refractivity (Wildman–Crippen MR) is 124 cm³/mol. The van der Waals surface area contributed by atoms with Gasteiger partial charge in [0.1, 0.15) is 5.25 Å². The molecule has 1 aliphatic carbocycles. The lowest BCUT2D eigenvalue weighted by Crippen LogP contribution is -2.55. The zero-order chi connectivity index (χ0) is 22.4. The van der Waals surface area contributed by atoms with Crippen molar-refractivity contribution in [3.63, 3.8) is 0 Å². The maximum atomic E-state index is 12.1. The Hall–Kier alpha value is -0.960. The first kappa shape index (κ1) is 23.2. The first-order chi connectivity index (χ1) is 14.6. The second-order valence-corrected chi connectivity index (χ2v) is 13.4. The van der Waals surface area contributed by atoms with Crippen molar-refractivity contribution in [2.75, 3.05) is 26.0 Å². The van der Waals surface area contributed by atoms with Crippen molar-refractivity contribution >= 4 is 27.1 Å². The van der Waals surface area contributed by atoms with Crippen LogP contribution in [0.4, 0.5) is 0 Å². The molecule has 2 aliphatic heterocycles. The van der Waals surface area contributed by atoms with Gasteiger partial charge in [-0.1, -0.05) is 6.92 Å². The maximum absolute atomic E-state index is 12.1. The molecule has 174 valence electrons. The number of ether oxygens (including phenoxy) is 1.